The van der Waals surface area contributed by atoms with Crippen LogP contribution in [-0.4, -0.2) is 36.1 Å². The summed E-state index contributed by atoms with van der Waals surface area (Å²) in [7, 11) is 1.75. The number of anilines is 1. The van der Waals surface area contributed by atoms with E-state index < -0.39 is 0 Å². The summed E-state index contributed by atoms with van der Waals surface area (Å²) in [5.74, 6) is 0.00642. The molecule has 6 heteroatoms. The lowest BCUT2D eigenvalue weighted by molar-refractivity contribution is -0.117. The van der Waals surface area contributed by atoms with Crippen molar-refractivity contribution in [3.63, 3.8) is 0 Å². The number of halogens is 1. The number of benzene rings is 1. The zero-order valence-corrected chi connectivity index (χ0v) is 15.8. The Balaban J connectivity index is 2.42. The molecule has 0 radical (unpaired) electrons. The Hall–Kier alpha value is -1.56. The van der Waals surface area contributed by atoms with Gasteiger partial charge in [-0.05, 0) is 51.0 Å². The second-order valence-electron chi connectivity index (χ2n) is 6.24. The summed E-state index contributed by atoms with van der Waals surface area (Å²) in [6.45, 7) is 7.23. The molecule has 0 aliphatic carbocycles. The van der Waals surface area contributed by atoms with Crippen molar-refractivity contribution < 1.29 is 14.3 Å². The maximum Gasteiger partial charge on any atom is 0.410 e. The van der Waals surface area contributed by atoms with Gasteiger partial charge in [0.15, 0.2) is 0 Å². The molecule has 0 saturated carbocycles. The number of hydrogen-bond donors (Lipinski definition) is 0. The molecule has 2 unspecified atom stereocenters. The minimum absolute atomic E-state index is 0.00642. The molecule has 1 aliphatic heterocycles. The summed E-state index contributed by atoms with van der Waals surface area (Å²) in [6.07, 6.45) is 0.160. The Morgan fingerprint density at radius 1 is 1.39 bits per heavy atom. The molecule has 5 nitrogen and oxygen atoms in total. The first-order chi connectivity index (χ1) is 10.7. The van der Waals surface area contributed by atoms with Crippen molar-refractivity contribution >= 4 is 33.6 Å². The number of fused-ring (bicyclic) bond motifs is 1. The average Bonchev–Trinajstić information content (AvgIpc) is 2.44. The van der Waals surface area contributed by atoms with Gasteiger partial charge in [0.25, 0.3) is 0 Å². The lowest BCUT2D eigenvalue weighted by Gasteiger charge is -2.42. The van der Waals surface area contributed by atoms with Crippen LogP contribution in [0.5, 0.6) is 0 Å². The standard InChI is InChI=1S/C17H23BrN2O3/c1-10(2)23-17(22)19(5)16-8-11(3)20(12(4)21)15-7-6-13(18)9-14(15)16/h6-7,9-11,16H,8H2,1-5H3. The van der Waals surface area contributed by atoms with E-state index in [1.807, 2.05) is 39.0 Å². The van der Waals surface area contributed by atoms with Gasteiger partial charge in [0.1, 0.15) is 0 Å². The number of nitrogens with zero attached hydrogens (tertiary/aromatic N) is 2. The molecular weight excluding hydrogens is 360 g/mol. The molecule has 23 heavy (non-hydrogen) atoms. The highest BCUT2D eigenvalue weighted by molar-refractivity contribution is 9.10. The van der Waals surface area contributed by atoms with Gasteiger partial charge < -0.3 is 14.5 Å². The number of carbonyl (C=O) groups is 2. The molecule has 0 saturated heterocycles. The summed E-state index contributed by atoms with van der Waals surface area (Å²) in [6, 6.07) is 5.70. The Labute approximate surface area is 145 Å². The average molecular weight is 383 g/mol. The third kappa shape index (κ3) is 3.68. The fourth-order valence-electron chi connectivity index (χ4n) is 3.06. The van der Waals surface area contributed by atoms with Crippen molar-refractivity contribution in [3.8, 4) is 0 Å². The molecule has 1 aromatic carbocycles. The minimum Gasteiger partial charge on any atom is -0.447 e. The van der Waals surface area contributed by atoms with Crippen LogP contribution in [0.2, 0.25) is 0 Å². The van der Waals surface area contributed by atoms with Crippen LogP contribution in [0.1, 0.15) is 45.7 Å². The van der Waals surface area contributed by atoms with Gasteiger partial charge in [-0.1, -0.05) is 15.9 Å². The van der Waals surface area contributed by atoms with Crippen molar-refractivity contribution in [3.05, 3.63) is 28.2 Å². The molecule has 1 heterocycles. The van der Waals surface area contributed by atoms with Crippen LogP contribution in [-0.2, 0) is 9.53 Å². The third-order valence-electron chi connectivity index (χ3n) is 4.04. The molecule has 0 fully saturated rings. The minimum atomic E-state index is -0.348. The molecule has 0 bridgehead atoms. The van der Waals surface area contributed by atoms with Crippen LogP contribution < -0.4 is 4.90 Å². The molecule has 1 aromatic rings. The van der Waals surface area contributed by atoms with Crippen LogP contribution in [0.4, 0.5) is 10.5 Å². The fourth-order valence-corrected chi connectivity index (χ4v) is 3.44. The second kappa shape index (κ2) is 6.91. The number of rotatable bonds is 2. The first kappa shape index (κ1) is 17.8. The normalized spacial score (nSPS) is 20.2. The zero-order chi connectivity index (χ0) is 17.3. The Morgan fingerprint density at radius 3 is 2.61 bits per heavy atom. The van der Waals surface area contributed by atoms with Crippen LogP contribution in [0, 0.1) is 0 Å². The predicted molar refractivity (Wildman–Crippen MR) is 93.5 cm³/mol. The van der Waals surface area contributed by atoms with Crippen LogP contribution in [0.15, 0.2) is 22.7 Å². The third-order valence-corrected chi connectivity index (χ3v) is 4.54. The van der Waals surface area contributed by atoms with Crippen molar-refractivity contribution in [2.24, 2.45) is 0 Å². The molecule has 2 amide bonds. The van der Waals surface area contributed by atoms with E-state index in [0.717, 1.165) is 15.7 Å². The molecule has 126 valence electrons. The fraction of sp³-hybridized carbons (Fsp3) is 0.529. The Morgan fingerprint density at radius 2 is 2.04 bits per heavy atom. The zero-order valence-electron chi connectivity index (χ0n) is 14.2. The van der Waals surface area contributed by atoms with Crippen LogP contribution in [0.3, 0.4) is 0 Å². The van der Waals surface area contributed by atoms with E-state index >= 15 is 0 Å². The van der Waals surface area contributed by atoms with E-state index in [1.165, 1.54) is 0 Å². The highest BCUT2D eigenvalue weighted by Gasteiger charge is 2.36. The maximum absolute atomic E-state index is 12.3. The topological polar surface area (TPSA) is 49.9 Å². The SMILES string of the molecule is CC(=O)N1c2ccc(Br)cc2C(N(C)C(=O)OC(C)C)CC1C. The second-order valence-corrected chi connectivity index (χ2v) is 7.15. The maximum atomic E-state index is 12.3. The molecular formula is C17H23BrN2O3. The predicted octanol–water partition coefficient (Wildman–Crippen LogP) is 4.11. The molecule has 2 rings (SSSR count). The van der Waals surface area contributed by atoms with Crippen LogP contribution >= 0.6 is 15.9 Å². The van der Waals surface area contributed by atoms with E-state index in [-0.39, 0.29) is 30.2 Å². The van der Waals surface area contributed by atoms with Gasteiger partial charge in [-0.25, -0.2) is 4.79 Å². The first-order valence-corrected chi connectivity index (χ1v) is 8.54. The lowest BCUT2D eigenvalue weighted by Crippen LogP contribution is -2.46. The van der Waals surface area contributed by atoms with Gasteiger partial charge in [-0.3, -0.25) is 4.79 Å². The quantitative estimate of drug-likeness (QED) is 0.772. The molecule has 0 spiro atoms. The highest BCUT2D eigenvalue weighted by atomic mass is 79.9. The number of carbonyl (C=O) groups excluding carboxylic acids is 2. The van der Waals surface area contributed by atoms with Gasteiger partial charge in [-0.2, -0.15) is 0 Å². The van der Waals surface area contributed by atoms with Crippen molar-refractivity contribution in [1.82, 2.24) is 4.90 Å². The summed E-state index contributed by atoms with van der Waals surface area (Å²) in [5, 5.41) is 0. The number of amides is 2. The monoisotopic (exact) mass is 382 g/mol. The van der Waals surface area contributed by atoms with Crippen molar-refractivity contribution in [2.45, 2.75) is 52.3 Å². The first-order valence-electron chi connectivity index (χ1n) is 7.75. The Kier molecular flexibility index (Phi) is 5.34. The van der Waals surface area contributed by atoms with E-state index in [9.17, 15) is 9.59 Å². The van der Waals surface area contributed by atoms with E-state index in [0.29, 0.717) is 6.42 Å². The van der Waals surface area contributed by atoms with E-state index in [2.05, 4.69) is 15.9 Å². The largest absolute Gasteiger partial charge is 0.447 e. The van der Waals surface area contributed by atoms with Crippen molar-refractivity contribution in [1.29, 1.82) is 0 Å². The van der Waals surface area contributed by atoms with Crippen molar-refractivity contribution in [2.75, 3.05) is 11.9 Å². The van der Waals surface area contributed by atoms with E-state index in [1.54, 1.807) is 23.8 Å². The summed E-state index contributed by atoms with van der Waals surface area (Å²) >= 11 is 3.48. The van der Waals surface area contributed by atoms with Gasteiger partial charge in [-0.15, -0.1) is 0 Å². The van der Waals surface area contributed by atoms with Gasteiger partial charge >= 0.3 is 6.09 Å². The van der Waals surface area contributed by atoms with Gasteiger partial charge in [0, 0.05) is 30.2 Å². The molecule has 2 atom stereocenters. The summed E-state index contributed by atoms with van der Waals surface area (Å²) < 4.78 is 6.24. The smallest absolute Gasteiger partial charge is 0.410 e. The summed E-state index contributed by atoms with van der Waals surface area (Å²) in [4.78, 5) is 27.7. The molecule has 0 N–H and O–H groups in total. The van der Waals surface area contributed by atoms with Gasteiger partial charge in [0.2, 0.25) is 5.91 Å². The Bertz CT molecular complexity index is 618. The highest BCUT2D eigenvalue weighted by Crippen LogP contribution is 2.41. The molecule has 1 aliphatic rings. The molecule has 0 aromatic heterocycles. The number of hydrogen-bond acceptors (Lipinski definition) is 3. The number of ether oxygens (including phenoxy) is 1. The van der Waals surface area contributed by atoms with Crippen LogP contribution in [0.25, 0.3) is 0 Å². The van der Waals surface area contributed by atoms with E-state index in [4.69, 9.17) is 4.74 Å². The summed E-state index contributed by atoms with van der Waals surface area (Å²) in [5.41, 5.74) is 1.81. The van der Waals surface area contributed by atoms with Gasteiger partial charge in [0.05, 0.1) is 12.1 Å². The lowest BCUT2D eigenvalue weighted by atomic mass is 9.91.